The number of likely N-dealkylation sites (N-methyl/N-ethyl adjacent to an activating group) is 1. The summed E-state index contributed by atoms with van der Waals surface area (Å²) < 4.78 is 30.8. The normalized spacial score (nSPS) is 13.8. The molecule has 2 N–H and O–H groups in total. The molecule has 83 heavy (non-hydrogen) atoms. The van der Waals surface area contributed by atoms with Gasteiger partial charge in [-0.3, -0.25) is 18.6 Å². The molecular formula is C73H140N2O7P+. The summed E-state index contributed by atoms with van der Waals surface area (Å²) >= 11 is 0. The van der Waals surface area contributed by atoms with Gasteiger partial charge in [-0.05, 0) is 70.3 Å². The summed E-state index contributed by atoms with van der Waals surface area (Å²) in [4.78, 5) is 37.9. The standard InChI is InChI=1S/C73H139N2O7P/c1-7-10-13-16-19-22-25-27-29-31-33-35-37-39-41-43-45-47-50-53-56-59-62-65-72(76)74-70(69-81-83(78,79)80-68-67-75(4,5)6)71(64-61-58-55-52-49-24-21-18-15-12-9-3)82-73(77)66-63-60-57-54-51-48-46-44-42-40-38-36-34-32-30-28-26-23-20-17-14-11-8-2/h19,22,27,29,33,35,61,64,70-71H,7-18,20-21,23-26,28,30-32,34,36-60,62-63,65-69H2,1-6H3,(H-,74,76,78,79)/p+1/b22-19-,29-27-,35-33-,64-61+. The fourth-order valence-corrected chi connectivity index (χ4v) is 11.5. The Morgan fingerprint density at radius 1 is 0.422 bits per heavy atom. The molecule has 0 aliphatic heterocycles. The van der Waals surface area contributed by atoms with Crippen LogP contribution >= 0.6 is 7.82 Å². The Morgan fingerprint density at radius 2 is 0.735 bits per heavy atom. The van der Waals surface area contributed by atoms with Gasteiger partial charge in [-0.25, -0.2) is 4.57 Å². The number of nitrogens with zero attached hydrogens (tertiary/aromatic N) is 1. The molecule has 3 unspecified atom stereocenters. The van der Waals surface area contributed by atoms with Crippen LogP contribution in [0.2, 0.25) is 0 Å². The van der Waals surface area contributed by atoms with E-state index in [4.69, 9.17) is 13.8 Å². The Kier molecular flexibility index (Phi) is 61.5. The number of allylic oxidation sites excluding steroid dienone is 7. The molecule has 0 bridgehead atoms. The lowest BCUT2D eigenvalue weighted by Gasteiger charge is -2.27. The molecule has 0 heterocycles. The van der Waals surface area contributed by atoms with Crippen molar-refractivity contribution in [2.45, 2.75) is 367 Å². The number of esters is 1. The fraction of sp³-hybridized carbons (Fsp3) is 0.863. The Labute approximate surface area is 516 Å². The van der Waals surface area contributed by atoms with Gasteiger partial charge in [0.1, 0.15) is 19.3 Å². The van der Waals surface area contributed by atoms with Crippen LogP contribution in [0.5, 0.6) is 0 Å². The predicted octanol–water partition coefficient (Wildman–Crippen LogP) is 22.8. The molecule has 3 atom stereocenters. The van der Waals surface area contributed by atoms with Gasteiger partial charge in [-0.1, -0.05) is 320 Å². The van der Waals surface area contributed by atoms with Crippen molar-refractivity contribution in [2.75, 3.05) is 40.9 Å². The first-order valence-electron chi connectivity index (χ1n) is 36.0. The van der Waals surface area contributed by atoms with Gasteiger partial charge in [0.25, 0.3) is 0 Å². The van der Waals surface area contributed by atoms with E-state index in [2.05, 4.69) is 62.5 Å². The second-order valence-corrected chi connectivity index (χ2v) is 27.2. The van der Waals surface area contributed by atoms with Gasteiger partial charge < -0.3 is 19.4 Å². The highest BCUT2D eigenvalue weighted by atomic mass is 31.2. The largest absolute Gasteiger partial charge is 0.472 e. The molecule has 9 nitrogen and oxygen atoms in total. The van der Waals surface area contributed by atoms with Crippen molar-refractivity contribution in [3.05, 3.63) is 48.6 Å². The average Bonchev–Trinajstić information content (AvgIpc) is 3.51. The summed E-state index contributed by atoms with van der Waals surface area (Å²) in [6.45, 7) is 7.03. The van der Waals surface area contributed by atoms with Crippen molar-refractivity contribution in [1.82, 2.24) is 5.32 Å². The van der Waals surface area contributed by atoms with Gasteiger partial charge in [-0.2, -0.15) is 0 Å². The van der Waals surface area contributed by atoms with Crippen LogP contribution < -0.4 is 5.32 Å². The number of nitrogens with one attached hydrogen (secondary N) is 1. The summed E-state index contributed by atoms with van der Waals surface area (Å²) in [5.74, 6) is -0.493. The molecule has 0 spiro atoms. The molecule has 10 heteroatoms. The van der Waals surface area contributed by atoms with Crippen LogP contribution in [0.15, 0.2) is 48.6 Å². The molecular weight excluding hydrogens is 1050 g/mol. The second kappa shape index (κ2) is 63.0. The Balaban J connectivity index is 5.00. The minimum Gasteiger partial charge on any atom is -0.456 e. The molecule has 0 fully saturated rings. The number of carbonyl (C=O) groups is 2. The first-order valence-corrected chi connectivity index (χ1v) is 37.5. The van der Waals surface area contributed by atoms with E-state index < -0.39 is 20.0 Å². The Bertz CT molecular complexity index is 1560. The quantitative estimate of drug-likeness (QED) is 0.0205. The van der Waals surface area contributed by atoms with Crippen molar-refractivity contribution in [3.8, 4) is 0 Å². The molecule has 0 aliphatic carbocycles. The van der Waals surface area contributed by atoms with E-state index in [1.54, 1.807) is 0 Å². The Hall–Kier alpha value is -2.03. The average molecular weight is 1190 g/mol. The predicted molar refractivity (Wildman–Crippen MR) is 360 cm³/mol. The highest BCUT2D eigenvalue weighted by molar-refractivity contribution is 7.47. The van der Waals surface area contributed by atoms with Crippen LogP contribution in [0.4, 0.5) is 0 Å². The van der Waals surface area contributed by atoms with E-state index in [1.807, 2.05) is 33.3 Å². The zero-order valence-corrected chi connectivity index (χ0v) is 56.8. The lowest BCUT2D eigenvalue weighted by molar-refractivity contribution is -0.870. The van der Waals surface area contributed by atoms with Crippen molar-refractivity contribution >= 4 is 19.7 Å². The van der Waals surface area contributed by atoms with Crippen LogP contribution in [-0.2, 0) is 27.9 Å². The highest BCUT2D eigenvalue weighted by Gasteiger charge is 2.30. The van der Waals surface area contributed by atoms with E-state index in [0.717, 1.165) is 70.6 Å². The number of amides is 1. The van der Waals surface area contributed by atoms with Crippen molar-refractivity contribution in [2.24, 2.45) is 0 Å². The van der Waals surface area contributed by atoms with E-state index in [9.17, 15) is 19.0 Å². The smallest absolute Gasteiger partial charge is 0.456 e. The van der Waals surface area contributed by atoms with Gasteiger partial charge in [0, 0.05) is 12.8 Å². The molecule has 0 aromatic rings. The molecule has 0 radical (unpaired) electrons. The Morgan fingerprint density at radius 3 is 1.12 bits per heavy atom. The summed E-state index contributed by atoms with van der Waals surface area (Å²) in [6.07, 6.45) is 79.8. The molecule has 0 aliphatic rings. The van der Waals surface area contributed by atoms with Crippen LogP contribution in [0.25, 0.3) is 0 Å². The molecule has 0 rings (SSSR count). The zero-order valence-electron chi connectivity index (χ0n) is 56.0. The SMILES string of the molecule is CCCCC/C=C\C/C=C\C/C=C\CCCCCCCCCCCCC(=O)NC(COP(=O)(O)OCC[N+](C)(C)C)C(/C=C/CCCCCCCCCCC)OC(=O)CCCCCCCCCCCCCCCCCCCCCCCCC. The third-order valence-corrected chi connectivity index (χ3v) is 17.3. The molecule has 0 aromatic carbocycles. The molecule has 488 valence electrons. The van der Waals surface area contributed by atoms with E-state index in [0.29, 0.717) is 23.9 Å². The molecule has 0 saturated carbocycles. The van der Waals surface area contributed by atoms with Crippen LogP contribution in [0, 0.1) is 0 Å². The van der Waals surface area contributed by atoms with Gasteiger partial charge >= 0.3 is 13.8 Å². The summed E-state index contributed by atoms with van der Waals surface area (Å²) in [7, 11) is 1.51. The molecule has 0 aromatic heterocycles. The topological polar surface area (TPSA) is 111 Å². The van der Waals surface area contributed by atoms with E-state index >= 15 is 0 Å². The number of rotatable bonds is 66. The number of carbonyl (C=O) groups excluding carboxylic acids is 2. The summed E-state index contributed by atoms with van der Waals surface area (Å²) in [6, 6.07) is -0.849. The third kappa shape index (κ3) is 64.3. The van der Waals surface area contributed by atoms with Crippen LogP contribution in [0.1, 0.15) is 355 Å². The number of unbranched alkanes of at least 4 members (excludes halogenated alkanes) is 44. The van der Waals surface area contributed by atoms with Crippen molar-refractivity contribution in [1.29, 1.82) is 0 Å². The van der Waals surface area contributed by atoms with Crippen molar-refractivity contribution in [3.63, 3.8) is 0 Å². The summed E-state index contributed by atoms with van der Waals surface area (Å²) in [5.41, 5.74) is 0. The van der Waals surface area contributed by atoms with E-state index in [1.165, 1.54) is 250 Å². The number of hydrogen-bond acceptors (Lipinski definition) is 6. The number of ether oxygens (including phenoxy) is 1. The minimum absolute atomic E-state index is 0.0409. The van der Waals surface area contributed by atoms with E-state index in [-0.39, 0.29) is 25.1 Å². The minimum atomic E-state index is -4.45. The van der Waals surface area contributed by atoms with Gasteiger partial charge in [0.15, 0.2) is 0 Å². The molecule has 0 saturated heterocycles. The van der Waals surface area contributed by atoms with Gasteiger partial charge in [0.2, 0.25) is 5.91 Å². The number of quaternary nitrogens is 1. The summed E-state index contributed by atoms with van der Waals surface area (Å²) in [5, 5.41) is 3.07. The monoisotopic (exact) mass is 1190 g/mol. The lowest BCUT2D eigenvalue weighted by atomic mass is 10.0. The maximum absolute atomic E-state index is 13.6. The third-order valence-electron chi connectivity index (χ3n) is 16.3. The van der Waals surface area contributed by atoms with Gasteiger partial charge in [-0.15, -0.1) is 0 Å². The zero-order chi connectivity index (χ0) is 60.7. The number of phosphoric ester groups is 1. The van der Waals surface area contributed by atoms with Gasteiger partial charge in [0.05, 0.1) is 33.8 Å². The highest BCUT2D eigenvalue weighted by Crippen LogP contribution is 2.43. The maximum atomic E-state index is 13.6. The maximum Gasteiger partial charge on any atom is 0.472 e. The lowest BCUT2D eigenvalue weighted by Crippen LogP contribution is -2.47. The first-order chi connectivity index (χ1) is 40.4. The first kappa shape index (κ1) is 81.0. The fourth-order valence-electron chi connectivity index (χ4n) is 10.7. The number of phosphoric acid groups is 1. The van der Waals surface area contributed by atoms with Crippen LogP contribution in [0.3, 0.4) is 0 Å². The molecule has 1 amide bonds. The second-order valence-electron chi connectivity index (χ2n) is 25.8. The van der Waals surface area contributed by atoms with Crippen LogP contribution in [-0.4, -0.2) is 74.3 Å². The number of hydrogen-bond donors (Lipinski definition) is 2. The van der Waals surface area contributed by atoms with Crippen molar-refractivity contribution < 1.29 is 37.3 Å².